The van der Waals surface area contributed by atoms with Crippen LogP contribution in [0.1, 0.15) is 46.0 Å². The van der Waals surface area contributed by atoms with Crippen molar-refractivity contribution >= 4 is 18.3 Å². The first-order chi connectivity index (χ1) is 9.63. The molecule has 0 bridgehead atoms. The van der Waals surface area contributed by atoms with Crippen molar-refractivity contribution in [2.45, 2.75) is 58.0 Å². The van der Waals surface area contributed by atoms with E-state index in [1.54, 1.807) is 0 Å². The van der Waals surface area contributed by atoms with Gasteiger partial charge in [-0.25, -0.2) is 0 Å². The predicted octanol–water partition coefficient (Wildman–Crippen LogP) is 2.13. The summed E-state index contributed by atoms with van der Waals surface area (Å²) in [5, 5.41) is 3.24. The quantitative estimate of drug-likeness (QED) is 0.844. The summed E-state index contributed by atoms with van der Waals surface area (Å²) in [6.07, 6.45) is 6.01. The van der Waals surface area contributed by atoms with Gasteiger partial charge in [-0.3, -0.25) is 9.69 Å². The van der Waals surface area contributed by atoms with Crippen molar-refractivity contribution in [1.29, 1.82) is 0 Å². The molecule has 1 atom stereocenters. The molecule has 2 saturated heterocycles. The number of nitrogens with one attached hydrogen (secondary N) is 1. The summed E-state index contributed by atoms with van der Waals surface area (Å²) in [5.74, 6) is 1.22. The largest absolute Gasteiger partial charge is 0.339 e. The number of nitrogens with zero attached hydrogens (tertiary/aromatic N) is 2. The SMILES string of the molecule is CNCCC1CCN(C2CCCN(C(C)C)C2=O)CC1.Cl. The monoisotopic (exact) mass is 317 g/mol. The Labute approximate surface area is 136 Å². The van der Waals surface area contributed by atoms with Crippen LogP contribution in [0, 0.1) is 5.92 Å². The molecule has 2 heterocycles. The van der Waals surface area contributed by atoms with Crippen LogP contribution in [0.2, 0.25) is 0 Å². The third kappa shape index (κ3) is 4.83. The van der Waals surface area contributed by atoms with Gasteiger partial charge in [-0.15, -0.1) is 12.4 Å². The van der Waals surface area contributed by atoms with E-state index in [1.807, 2.05) is 7.05 Å². The van der Waals surface area contributed by atoms with E-state index in [0.717, 1.165) is 44.9 Å². The summed E-state index contributed by atoms with van der Waals surface area (Å²) < 4.78 is 0. The number of halogens is 1. The Balaban J connectivity index is 0.00000220. The maximum Gasteiger partial charge on any atom is 0.240 e. The molecule has 0 radical (unpaired) electrons. The van der Waals surface area contributed by atoms with Crippen molar-refractivity contribution in [2.24, 2.45) is 5.92 Å². The minimum absolute atomic E-state index is 0. The van der Waals surface area contributed by atoms with E-state index in [4.69, 9.17) is 0 Å². The molecule has 0 aromatic carbocycles. The molecule has 0 aromatic rings. The molecule has 0 spiro atoms. The number of likely N-dealkylation sites (tertiary alicyclic amines) is 2. The van der Waals surface area contributed by atoms with Gasteiger partial charge in [0.25, 0.3) is 0 Å². The van der Waals surface area contributed by atoms with Gasteiger partial charge in [-0.05, 0) is 78.6 Å². The normalized spacial score (nSPS) is 25.2. The Morgan fingerprint density at radius 2 is 1.86 bits per heavy atom. The van der Waals surface area contributed by atoms with Gasteiger partial charge >= 0.3 is 0 Å². The number of carbonyl (C=O) groups excluding carboxylic acids is 1. The van der Waals surface area contributed by atoms with E-state index < -0.39 is 0 Å². The number of hydrogen-bond donors (Lipinski definition) is 1. The Kier molecular flexibility index (Phi) is 7.99. The van der Waals surface area contributed by atoms with Gasteiger partial charge in [0.05, 0.1) is 6.04 Å². The molecule has 21 heavy (non-hydrogen) atoms. The Hall–Kier alpha value is -0.320. The molecule has 1 amide bonds. The maximum atomic E-state index is 12.6. The molecule has 1 unspecified atom stereocenters. The fourth-order valence-corrected chi connectivity index (χ4v) is 3.63. The molecule has 5 heteroatoms. The molecule has 0 aliphatic carbocycles. The fourth-order valence-electron chi connectivity index (χ4n) is 3.63. The minimum Gasteiger partial charge on any atom is -0.339 e. The molecule has 124 valence electrons. The summed E-state index contributed by atoms with van der Waals surface area (Å²) >= 11 is 0. The van der Waals surface area contributed by atoms with E-state index >= 15 is 0 Å². The van der Waals surface area contributed by atoms with Gasteiger partial charge in [0, 0.05) is 12.6 Å². The summed E-state index contributed by atoms with van der Waals surface area (Å²) in [7, 11) is 2.02. The van der Waals surface area contributed by atoms with Gasteiger partial charge in [0.2, 0.25) is 5.91 Å². The predicted molar refractivity (Wildman–Crippen MR) is 90.0 cm³/mol. The van der Waals surface area contributed by atoms with Crippen molar-refractivity contribution in [2.75, 3.05) is 33.2 Å². The molecular weight excluding hydrogens is 286 g/mol. The summed E-state index contributed by atoms with van der Waals surface area (Å²) in [6, 6.07) is 0.509. The highest BCUT2D eigenvalue weighted by Crippen LogP contribution is 2.26. The third-order valence-electron chi connectivity index (χ3n) is 4.96. The van der Waals surface area contributed by atoms with Gasteiger partial charge in [-0.2, -0.15) is 0 Å². The average Bonchev–Trinajstić information content (AvgIpc) is 2.46. The van der Waals surface area contributed by atoms with Crippen LogP contribution in [0.3, 0.4) is 0 Å². The van der Waals surface area contributed by atoms with Crippen molar-refractivity contribution in [3.05, 3.63) is 0 Å². The Morgan fingerprint density at radius 3 is 2.43 bits per heavy atom. The maximum absolute atomic E-state index is 12.6. The van der Waals surface area contributed by atoms with Crippen LogP contribution in [-0.4, -0.2) is 61.0 Å². The van der Waals surface area contributed by atoms with Crippen LogP contribution in [0.4, 0.5) is 0 Å². The smallest absolute Gasteiger partial charge is 0.240 e. The molecule has 2 fully saturated rings. The first-order valence-corrected chi connectivity index (χ1v) is 8.32. The van der Waals surface area contributed by atoms with Gasteiger partial charge < -0.3 is 10.2 Å². The molecule has 2 aliphatic heterocycles. The fraction of sp³-hybridized carbons (Fsp3) is 0.938. The zero-order chi connectivity index (χ0) is 14.5. The Morgan fingerprint density at radius 1 is 1.19 bits per heavy atom. The second-order valence-corrected chi connectivity index (χ2v) is 6.65. The van der Waals surface area contributed by atoms with Gasteiger partial charge in [-0.1, -0.05) is 0 Å². The van der Waals surface area contributed by atoms with Crippen LogP contribution in [0.25, 0.3) is 0 Å². The highest BCUT2D eigenvalue weighted by atomic mass is 35.5. The molecule has 0 aromatic heterocycles. The number of amides is 1. The van der Waals surface area contributed by atoms with Crippen molar-refractivity contribution in [3.63, 3.8) is 0 Å². The van der Waals surface area contributed by atoms with Crippen LogP contribution in [0.15, 0.2) is 0 Å². The molecule has 1 N–H and O–H groups in total. The summed E-state index contributed by atoms with van der Waals surface area (Å²) in [5.41, 5.74) is 0. The summed E-state index contributed by atoms with van der Waals surface area (Å²) in [6.45, 7) is 8.54. The lowest BCUT2D eigenvalue weighted by molar-refractivity contribution is -0.142. The minimum atomic E-state index is 0. The van der Waals surface area contributed by atoms with E-state index in [9.17, 15) is 4.79 Å². The van der Waals surface area contributed by atoms with Crippen molar-refractivity contribution in [1.82, 2.24) is 15.1 Å². The van der Waals surface area contributed by atoms with Crippen LogP contribution >= 0.6 is 12.4 Å². The lowest BCUT2D eigenvalue weighted by Crippen LogP contribution is -2.55. The van der Waals surface area contributed by atoms with Crippen LogP contribution < -0.4 is 5.32 Å². The molecular formula is C16H32ClN3O. The highest BCUT2D eigenvalue weighted by molar-refractivity contribution is 5.85. The van der Waals surface area contributed by atoms with Crippen LogP contribution in [0.5, 0.6) is 0 Å². The Bertz CT molecular complexity index is 317. The number of piperidine rings is 2. The first-order valence-electron chi connectivity index (χ1n) is 8.32. The first kappa shape index (κ1) is 18.7. The highest BCUT2D eigenvalue weighted by Gasteiger charge is 2.35. The third-order valence-corrected chi connectivity index (χ3v) is 4.96. The molecule has 4 nitrogen and oxygen atoms in total. The second-order valence-electron chi connectivity index (χ2n) is 6.65. The zero-order valence-corrected chi connectivity index (χ0v) is 14.6. The summed E-state index contributed by atoms with van der Waals surface area (Å²) in [4.78, 5) is 17.1. The van der Waals surface area contributed by atoms with E-state index in [1.165, 1.54) is 19.3 Å². The van der Waals surface area contributed by atoms with Gasteiger partial charge in [0.15, 0.2) is 0 Å². The lowest BCUT2D eigenvalue weighted by Gasteiger charge is -2.42. The lowest BCUT2D eigenvalue weighted by atomic mass is 9.91. The zero-order valence-electron chi connectivity index (χ0n) is 13.8. The molecule has 2 aliphatic rings. The number of hydrogen-bond acceptors (Lipinski definition) is 3. The van der Waals surface area contributed by atoms with E-state index in [0.29, 0.717) is 11.9 Å². The molecule has 2 rings (SSSR count). The standard InChI is InChI=1S/C16H31N3O.ClH/c1-13(2)19-10-4-5-15(16(19)20)18-11-7-14(8-12-18)6-9-17-3;/h13-15,17H,4-12H2,1-3H3;1H. The second kappa shape index (κ2) is 8.96. The average molecular weight is 318 g/mol. The van der Waals surface area contributed by atoms with Crippen LogP contribution in [-0.2, 0) is 4.79 Å². The van der Waals surface area contributed by atoms with E-state index in [2.05, 4.69) is 29.0 Å². The number of rotatable bonds is 5. The van der Waals surface area contributed by atoms with Crippen molar-refractivity contribution in [3.8, 4) is 0 Å². The van der Waals surface area contributed by atoms with Gasteiger partial charge in [0.1, 0.15) is 0 Å². The molecule has 0 saturated carbocycles. The number of carbonyl (C=O) groups is 1. The topological polar surface area (TPSA) is 35.6 Å². The van der Waals surface area contributed by atoms with E-state index in [-0.39, 0.29) is 18.4 Å². The van der Waals surface area contributed by atoms with Crippen molar-refractivity contribution < 1.29 is 4.79 Å².